The number of ether oxygens (including phenoxy) is 2. The lowest BCUT2D eigenvalue weighted by Gasteiger charge is -2.25. The molecule has 0 amide bonds. The van der Waals surface area contributed by atoms with E-state index < -0.39 is 0 Å². The second-order valence-electron chi connectivity index (χ2n) is 5.54. The minimum Gasteiger partial charge on any atom is -0.465 e. The van der Waals surface area contributed by atoms with Crippen molar-refractivity contribution >= 4 is 22.6 Å². The minimum atomic E-state index is -0.187. The molecule has 1 aromatic rings. The van der Waals surface area contributed by atoms with Gasteiger partial charge < -0.3 is 9.47 Å². The molecule has 0 aromatic heterocycles. The van der Waals surface area contributed by atoms with Crippen molar-refractivity contribution in [3.05, 3.63) is 29.8 Å². The van der Waals surface area contributed by atoms with Crippen molar-refractivity contribution in [2.75, 3.05) is 4.43 Å². The average Bonchev–Trinajstić information content (AvgIpc) is 2.37. The van der Waals surface area contributed by atoms with Crippen LogP contribution in [-0.2, 0) is 4.74 Å². The zero-order valence-corrected chi connectivity index (χ0v) is 14.7. The molecule has 0 bridgehead atoms. The number of halogens is 1. The van der Waals surface area contributed by atoms with Crippen molar-refractivity contribution in [3.63, 3.8) is 0 Å². The largest absolute Gasteiger partial charge is 0.465 e. The summed E-state index contributed by atoms with van der Waals surface area (Å²) < 4.78 is 12.9. The normalized spacial score (nSPS) is 14.7. The highest BCUT2D eigenvalue weighted by molar-refractivity contribution is 14.1. The molecule has 1 rings (SSSR count). The van der Waals surface area contributed by atoms with Gasteiger partial charge in [-0.2, -0.15) is 0 Å². The fraction of sp³-hybridized carbons (Fsp3) is 0.625. The lowest BCUT2D eigenvalue weighted by molar-refractivity contribution is -0.132. The summed E-state index contributed by atoms with van der Waals surface area (Å²) in [7, 11) is 0. The van der Waals surface area contributed by atoms with Crippen LogP contribution in [0.3, 0.4) is 0 Å². The van der Waals surface area contributed by atoms with Crippen LogP contribution < -0.4 is 4.74 Å². The van der Waals surface area contributed by atoms with Gasteiger partial charge in [0.05, 0.1) is 6.10 Å². The molecule has 19 heavy (non-hydrogen) atoms. The first-order chi connectivity index (χ1) is 8.93. The van der Waals surface area contributed by atoms with Gasteiger partial charge in [-0.25, -0.2) is 0 Å². The summed E-state index contributed by atoms with van der Waals surface area (Å²) in [6.45, 7) is 10.5. The molecule has 0 spiro atoms. The number of rotatable bonds is 7. The number of hydrogen-bond donors (Lipinski definition) is 0. The molecule has 1 aromatic carbocycles. The molecule has 0 aliphatic carbocycles. The molecular weight excluding hydrogens is 351 g/mol. The fourth-order valence-electron chi connectivity index (χ4n) is 1.69. The average molecular weight is 376 g/mol. The van der Waals surface area contributed by atoms with Gasteiger partial charge in [0.1, 0.15) is 5.75 Å². The fourth-order valence-corrected chi connectivity index (χ4v) is 2.20. The van der Waals surface area contributed by atoms with Crippen LogP contribution in [0.15, 0.2) is 24.3 Å². The molecule has 108 valence electrons. The monoisotopic (exact) mass is 376 g/mol. The molecule has 0 radical (unpaired) electrons. The Kier molecular flexibility index (Phi) is 7.15. The molecule has 0 N–H and O–H groups in total. The van der Waals surface area contributed by atoms with Crippen LogP contribution in [0.2, 0.25) is 0 Å². The van der Waals surface area contributed by atoms with Gasteiger partial charge in [0.25, 0.3) is 0 Å². The molecule has 2 nitrogen and oxygen atoms in total. The Bertz CT molecular complexity index is 360. The van der Waals surface area contributed by atoms with E-state index >= 15 is 0 Å². The van der Waals surface area contributed by atoms with Crippen LogP contribution in [0.1, 0.15) is 46.1 Å². The first kappa shape index (κ1) is 16.8. The van der Waals surface area contributed by atoms with E-state index in [1.54, 1.807) is 0 Å². The molecule has 2 unspecified atom stereocenters. The lowest BCUT2D eigenvalue weighted by atomic mass is 10.0. The van der Waals surface area contributed by atoms with Gasteiger partial charge in [-0.3, -0.25) is 0 Å². The van der Waals surface area contributed by atoms with Crippen molar-refractivity contribution in [3.8, 4) is 5.75 Å². The molecule has 0 aliphatic rings. The van der Waals surface area contributed by atoms with Gasteiger partial charge >= 0.3 is 0 Å². The summed E-state index contributed by atoms with van der Waals surface area (Å²) in [5, 5.41) is 0. The summed E-state index contributed by atoms with van der Waals surface area (Å²) in [5.74, 6) is 1.79. The molecule has 3 heteroatoms. The first-order valence-corrected chi connectivity index (χ1v) is 8.44. The van der Waals surface area contributed by atoms with Crippen LogP contribution in [0.25, 0.3) is 0 Å². The Morgan fingerprint density at radius 3 is 2.00 bits per heavy atom. The summed E-state index contributed by atoms with van der Waals surface area (Å²) in [4.78, 5) is 0. The van der Waals surface area contributed by atoms with Crippen LogP contribution in [-0.4, -0.2) is 16.8 Å². The summed E-state index contributed by atoms with van der Waals surface area (Å²) >= 11 is 2.42. The van der Waals surface area contributed by atoms with Gasteiger partial charge in [-0.15, -0.1) is 0 Å². The number of benzene rings is 1. The van der Waals surface area contributed by atoms with Gasteiger partial charge in [0.2, 0.25) is 6.29 Å². The van der Waals surface area contributed by atoms with Gasteiger partial charge in [-0.05, 0) is 37.5 Å². The Balaban J connectivity index is 2.69. The first-order valence-electron chi connectivity index (χ1n) is 6.92. The third kappa shape index (κ3) is 5.69. The maximum Gasteiger partial charge on any atom is 0.202 e. The van der Waals surface area contributed by atoms with E-state index in [1.807, 2.05) is 26.0 Å². The van der Waals surface area contributed by atoms with Crippen molar-refractivity contribution < 1.29 is 9.47 Å². The Morgan fingerprint density at radius 1 is 1.00 bits per heavy atom. The topological polar surface area (TPSA) is 18.5 Å². The third-order valence-electron chi connectivity index (χ3n) is 2.88. The molecular formula is C16H25IO2. The van der Waals surface area contributed by atoms with Crippen LogP contribution in [0, 0.1) is 5.92 Å². The molecule has 0 heterocycles. The van der Waals surface area contributed by atoms with Crippen LogP contribution in [0.5, 0.6) is 5.75 Å². The molecule has 2 atom stereocenters. The van der Waals surface area contributed by atoms with Gasteiger partial charge in [-0.1, -0.05) is 55.5 Å². The maximum absolute atomic E-state index is 5.93. The zero-order valence-electron chi connectivity index (χ0n) is 12.5. The van der Waals surface area contributed by atoms with Crippen molar-refractivity contribution in [1.82, 2.24) is 0 Å². The highest BCUT2D eigenvalue weighted by Crippen LogP contribution is 2.23. The standard InChI is InChI=1S/C16H25IO2/c1-11(2)16(18-12(3)4)19-15-8-6-14(7-9-15)13(5)10-17/h6-9,11-13,16H,10H2,1-5H3. The second kappa shape index (κ2) is 8.10. The third-order valence-corrected chi connectivity index (χ3v) is 4.20. The van der Waals surface area contributed by atoms with E-state index in [9.17, 15) is 0 Å². The van der Waals surface area contributed by atoms with E-state index in [2.05, 4.69) is 55.5 Å². The minimum absolute atomic E-state index is 0.172. The lowest BCUT2D eigenvalue weighted by Crippen LogP contribution is -2.29. The van der Waals surface area contributed by atoms with Crippen molar-refractivity contribution in [2.45, 2.75) is 52.9 Å². The Morgan fingerprint density at radius 2 is 1.58 bits per heavy atom. The Labute approximate surface area is 131 Å². The molecule has 0 saturated carbocycles. The SMILES string of the molecule is CC(C)OC(Oc1ccc(C(C)CI)cc1)C(C)C. The smallest absolute Gasteiger partial charge is 0.202 e. The highest BCUT2D eigenvalue weighted by atomic mass is 127. The molecule has 0 fully saturated rings. The second-order valence-corrected chi connectivity index (χ2v) is 6.42. The zero-order chi connectivity index (χ0) is 14.4. The number of alkyl halides is 1. The predicted octanol–water partition coefficient (Wildman–Crippen LogP) is 5.01. The van der Waals surface area contributed by atoms with Crippen LogP contribution >= 0.6 is 22.6 Å². The van der Waals surface area contributed by atoms with E-state index in [1.165, 1.54) is 5.56 Å². The van der Waals surface area contributed by atoms with Crippen molar-refractivity contribution in [2.24, 2.45) is 5.92 Å². The number of hydrogen-bond acceptors (Lipinski definition) is 2. The van der Waals surface area contributed by atoms with E-state index in [0.717, 1.165) is 10.2 Å². The van der Waals surface area contributed by atoms with E-state index in [4.69, 9.17) is 9.47 Å². The maximum atomic E-state index is 5.93. The van der Waals surface area contributed by atoms with Crippen molar-refractivity contribution in [1.29, 1.82) is 0 Å². The van der Waals surface area contributed by atoms with Gasteiger partial charge in [0.15, 0.2) is 0 Å². The summed E-state index contributed by atoms with van der Waals surface area (Å²) in [5.41, 5.74) is 1.35. The van der Waals surface area contributed by atoms with E-state index in [-0.39, 0.29) is 12.4 Å². The van der Waals surface area contributed by atoms with Gasteiger partial charge in [0, 0.05) is 10.3 Å². The van der Waals surface area contributed by atoms with E-state index in [0.29, 0.717) is 11.8 Å². The predicted molar refractivity (Wildman–Crippen MR) is 89.2 cm³/mol. The summed E-state index contributed by atoms with van der Waals surface area (Å²) in [6.07, 6.45) is -0.0152. The van der Waals surface area contributed by atoms with Crippen LogP contribution in [0.4, 0.5) is 0 Å². The summed E-state index contributed by atoms with van der Waals surface area (Å²) in [6, 6.07) is 8.37. The Hall–Kier alpha value is -0.290. The molecule has 0 saturated heterocycles. The highest BCUT2D eigenvalue weighted by Gasteiger charge is 2.17. The quantitative estimate of drug-likeness (QED) is 0.378. The molecule has 0 aliphatic heterocycles.